The average Bonchev–Trinajstić information content (AvgIpc) is 3.33. The number of carbonyl (C=O) groups is 1. The van der Waals surface area contributed by atoms with Crippen LogP contribution in [0.5, 0.6) is 11.8 Å². The van der Waals surface area contributed by atoms with Crippen LogP contribution >= 0.6 is 0 Å². The second kappa shape index (κ2) is 26.3. The Morgan fingerprint density at radius 1 is 0.868 bits per heavy atom. The molecule has 4 heterocycles. The molecule has 0 unspecified atom stereocenters. The Balaban J connectivity index is 1.44. The zero-order valence-corrected chi connectivity index (χ0v) is 39.2. The molecule has 1 aliphatic heterocycles. The number of anilines is 1. The molecular weight excluding hydrogens is 918 g/mol. The van der Waals surface area contributed by atoms with Gasteiger partial charge in [-0.25, -0.2) is 23.4 Å². The number of nitrogens with two attached hydrogens (primary N) is 1. The Labute approximate surface area is 393 Å². The molecule has 372 valence electrons. The summed E-state index contributed by atoms with van der Waals surface area (Å²) in [6.45, 7) is 8.22. The number of halogens is 3. The molecule has 1 fully saturated rings. The number of hydrogen-bond donors (Lipinski definition) is 1. The molecule has 0 spiro atoms. The zero-order chi connectivity index (χ0) is 49.1. The quantitative estimate of drug-likeness (QED) is 0.0415. The van der Waals surface area contributed by atoms with Gasteiger partial charge in [0.2, 0.25) is 21.8 Å². The Morgan fingerprint density at radius 3 is 2.19 bits per heavy atom. The Hall–Kier alpha value is -5.56. The first kappa shape index (κ1) is 53.4. The molecule has 0 aliphatic carbocycles. The first-order valence-electron chi connectivity index (χ1n) is 22.3. The highest BCUT2D eigenvalue weighted by Gasteiger charge is 2.41. The third-order valence-electron chi connectivity index (χ3n) is 10.6. The lowest BCUT2D eigenvalue weighted by atomic mass is 10.0. The van der Waals surface area contributed by atoms with E-state index in [4.69, 9.17) is 39.1 Å². The third-order valence-corrected chi connectivity index (χ3v) is 12.5. The maximum Gasteiger partial charge on any atom is 0.434 e. The molecule has 1 saturated heterocycles. The highest BCUT2D eigenvalue weighted by Crippen LogP contribution is 2.36. The van der Waals surface area contributed by atoms with Gasteiger partial charge in [0.15, 0.2) is 10.6 Å². The van der Waals surface area contributed by atoms with E-state index in [1.807, 2.05) is 11.8 Å². The number of amides is 1. The maximum absolute atomic E-state index is 14.7. The second-order valence-electron chi connectivity index (χ2n) is 15.1. The number of ether oxygens (including phenoxy) is 6. The number of carbonyl (C=O) groups excluding carboxylic acids is 1. The highest BCUT2D eigenvalue weighted by molar-refractivity contribution is 7.89. The molecular formula is C45H59F3N8O11S. The highest BCUT2D eigenvalue weighted by atomic mass is 32.2. The Bertz CT molecular complexity index is 2370. The molecule has 1 amide bonds. The number of pyridine rings is 3. The summed E-state index contributed by atoms with van der Waals surface area (Å²) >= 11 is 0. The van der Waals surface area contributed by atoms with Crippen molar-refractivity contribution >= 4 is 27.3 Å². The normalized spacial score (nSPS) is 14.4. The number of aromatic nitrogens is 3. The Morgan fingerprint density at radius 2 is 1.54 bits per heavy atom. The summed E-state index contributed by atoms with van der Waals surface area (Å²) in [7, 11) is -4.60. The van der Waals surface area contributed by atoms with E-state index < -0.39 is 54.9 Å². The van der Waals surface area contributed by atoms with Crippen molar-refractivity contribution in [2.75, 3.05) is 104 Å². The van der Waals surface area contributed by atoms with Crippen LogP contribution in [0.2, 0.25) is 0 Å². The van der Waals surface area contributed by atoms with E-state index in [0.717, 1.165) is 16.4 Å². The number of para-hydroxylation sites is 1. The minimum absolute atomic E-state index is 0.00533. The molecule has 68 heavy (non-hydrogen) atoms. The number of alkyl halides is 3. The van der Waals surface area contributed by atoms with Crippen molar-refractivity contribution in [2.24, 2.45) is 5.73 Å². The van der Waals surface area contributed by atoms with Crippen molar-refractivity contribution in [3.63, 3.8) is 0 Å². The number of piperazine rings is 1. The molecule has 19 nitrogen and oxygen atoms in total. The van der Waals surface area contributed by atoms with Crippen LogP contribution in [-0.2, 0) is 41.7 Å². The lowest BCUT2D eigenvalue weighted by Crippen LogP contribution is -2.55. The van der Waals surface area contributed by atoms with E-state index in [9.17, 15) is 36.5 Å². The number of nitro groups is 1. The van der Waals surface area contributed by atoms with Crippen molar-refractivity contribution in [3.05, 3.63) is 93.9 Å². The summed E-state index contributed by atoms with van der Waals surface area (Å²) in [5, 5.41) is 12.2. The fourth-order valence-corrected chi connectivity index (χ4v) is 9.00. The molecule has 1 aliphatic rings. The summed E-state index contributed by atoms with van der Waals surface area (Å²) in [4.78, 5) is 41.1. The molecule has 5 rings (SSSR count). The lowest BCUT2D eigenvalue weighted by Gasteiger charge is -2.43. The van der Waals surface area contributed by atoms with Crippen molar-refractivity contribution < 1.29 is 59.7 Å². The largest absolute Gasteiger partial charge is 0.478 e. The SMILES string of the molecule is CCOc1ccc(C(=O)N2CCN(c3ccc(-c4cccnc4OCC)nc3CN(CCCOCCOCCOCCOCCN)S(=O)(=O)c3ccccc3[N+](=O)[O-])[C@H](CC)C2)c(C(F)(F)F)n1. The topological polar surface area (TPSA) is 224 Å². The van der Waals surface area contributed by atoms with Gasteiger partial charge in [-0.3, -0.25) is 14.9 Å². The average molecular weight is 977 g/mol. The number of nitro benzene ring substituents is 1. The van der Waals surface area contributed by atoms with E-state index in [0.29, 0.717) is 69.6 Å². The molecule has 0 bridgehead atoms. The molecule has 1 atom stereocenters. The van der Waals surface area contributed by atoms with Crippen LogP contribution in [0.15, 0.2) is 71.8 Å². The summed E-state index contributed by atoms with van der Waals surface area (Å²) in [6, 6.07) is 13.8. The first-order chi connectivity index (χ1) is 32.7. The molecule has 23 heteroatoms. The van der Waals surface area contributed by atoms with E-state index in [1.165, 1.54) is 29.2 Å². The van der Waals surface area contributed by atoms with Crippen LogP contribution in [0, 0.1) is 10.1 Å². The van der Waals surface area contributed by atoms with Gasteiger partial charge in [-0.05, 0) is 63.1 Å². The summed E-state index contributed by atoms with van der Waals surface area (Å²) in [5.74, 6) is -0.831. The van der Waals surface area contributed by atoms with Crippen LogP contribution in [-0.4, -0.2) is 148 Å². The summed E-state index contributed by atoms with van der Waals surface area (Å²) in [6.07, 6.45) is -2.78. The predicted octanol–water partition coefficient (Wildman–Crippen LogP) is 5.61. The lowest BCUT2D eigenvalue weighted by molar-refractivity contribution is -0.387. The van der Waals surface area contributed by atoms with Gasteiger partial charge in [0.05, 0.1) is 99.1 Å². The van der Waals surface area contributed by atoms with Gasteiger partial charge in [-0.15, -0.1) is 0 Å². The second-order valence-corrected chi connectivity index (χ2v) is 17.0. The minimum atomic E-state index is -4.94. The number of benzene rings is 1. The van der Waals surface area contributed by atoms with Crippen molar-refractivity contribution in [1.29, 1.82) is 0 Å². The summed E-state index contributed by atoms with van der Waals surface area (Å²) < 4.78 is 106. The molecule has 2 N–H and O–H groups in total. The van der Waals surface area contributed by atoms with Gasteiger partial charge in [0.1, 0.15) is 0 Å². The Kier molecular flexibility index (Phi) is 20.6. The summed E-state index contributed by atoms with van der Waals surface area (Å²) in [5.41, 5.74) is 4.46. The van der Waals surface area contributed by atoms with Crippen molar-refractivity contribution in [1.82, 2.24) is 24.2 Å². The molecule has 0 saturated carbocycles. The van der Waals surface area contributed by atoms with E-state index in [1.54, 1.807) is 44.3 Å². The van der Waals surface area contributed by atoms with Gasteiger partial charge >= 0.3 is 6.18 Å². The zero-order valence-electron chi connectivity index (χ0n) is 38.4. The van der Waals surface area contributed by atoms with Gasteiger partial charge in [-0.1, -0.05) is 19.1 Å². The van der Waals surface area contributed by atoms with Gasteiger partial charge in [0, 0.05) is 63.7 Å². The fourth-order valence-electron chi connectivity index (χ4n) is 7.40. The van der Waals surface area contributed by atoms with Crippen LogP contribution in [0.25, 0.3) is 11.3 Å². The van der Waals surface area contributed by atoms with Gasteiger partial charge in [0.25, 0.3) is 11.6 Å². The van der Waals surface area contributed by atoms with Crippen LogP contribution in [0.4, 0.5) is 24.5 Å². The molecule has 1 aromatic carbocycles. The van der Waals surface area contributed by atoms with Gasteiger partial charge < -0.3 is 44.0 Å². The number of sulfonamides is 1. The molecule has 3 aromatic heterocycles. The predicted molar refractivity (Wildman–Crippen MR) is 244 cm³/mol. The molecule has 0 radical (unpaired) electrons. The van der Waals surface area contributed by atoms with E-state index in [-0.39, 0.29) is 83.0 Å². The standard InChI is InChI=1S/C45H59F3N8O11S/c1-4-33-31-53(44(57)35-14-17-41(66-5-2)52-42(35)45(46,47)48)21-22-55(33)38-16-15-36(34-11-9-19-50-43(34)67-6-3)51-37(38)32-54(68(60,61)40-13-8-7-12-39(40)56(58)59)20-10-23-62-25-27-64-29-30-65-28-26-63-24-18-49/h7-9,11-17,19,33H,4-6,10,18,20-32,49H2,1-3H3/t33-/m1/s1. The third kappa shape index (κ3) is 14.5. The van der Waals surface area contributed by atoms with Crippen LogP contribution in [0.1, 0.15) is 55.4 Å². The van der Waals surface area contributed by atoms with Crippen molar-refractivity contribution in [3.8, 4) is 23.0 Å². The number of rotatable bonds is 28. The first-order valence-corrected chi connectivity index (χ1v) is 23.8. The van der Waals surface area contributed by atoms with Crippen molar-refractivity contribution in [2.45, 2.75) is 57.3 Å². The monoisotopic (exact) mass is 976 g/mol. The van der Waals surface area contributed by atoms with E-state index >= 15 is 0 Å². The maximum atomic E-state index is 14.7. The minimum Gasteiger partial charge on any atom is -0.478 e. The fraction of sp³-hybridized carbons (Fsp3) is 0.511. The van der Waals surface area contributed by atoms with Crippen LogP contribution < -0.4 is 20.1 Å². The molecule has 4 aromatic rings. The number of nitrogens with zero attached hydrogens (tertiary/aromatic N) is 7. The smallest absolute Gasteiger partial charge is 0.434 e. The van der Waals surface area contributed by atoms with Gasteiger partial charge in [-0.2, -0.15) is 17.5 Å². The van der Waals surface area contributed by atoms with Crippen LogP contribution in [0.3, 0.4) is 0 Å². The van der Waals surface area contributed by atoms with E-state index in [2.05, 4.69) is 9.97 Å². The number of hydrogen-bond acceptors (Lipinski definition) is 16.